The van der Waals surface area contributed by atoms with Gasteiger partial charge in [0.1, 0.15) is 0 Å². The Balaban J connectivity index is 2.55. The Morgan fingerprint density at radius 3 is 1.90 bits per heavy atom. The lowest BCUT2D eigenvalue weighted by Gasteiger charge is -2.24. The third-order valence-electron chi connectivity index (χ3n) is 3.35. The molecule has 0 amide bonds. The molecule has 0 aliphatic heterocycles. The lowest BCUT2D eigenvalue weighted by molar-refractivity contribution is 0.594. The minimum absolute atomic E-state index is 0.307. The molecule has 0 saturated carbocycles. The highest BCUT2D eigenvalue weighted by molar-refractivity contribution is 7.92. The maximum Gasteiger partial charge on any atom is 0.264 e. The largest absolute Gasteiger partial charge is 0.269 e. The third kappa shape index (κ3) is 2.56. The van der Waals surface area contributed by atoms with E-state index in [2.05, 4.69) is 0 Å². The van der Waals surface area contributed by atoms with Gasteiger partial charge in [0.15, 0.2) is 0 Å². The van der Waals surface area contributed by atoms with Crippen LogP contribution in [0.4, 0.5) is 5.69 Å². The van der Waals surface area contributed by atoms with Crippen LogP contribution in [0.15, 0.2) is 47.4 Å². The summed E-state index contributed by atoms with van der Waals surface area (Å²) in [7, 11) is -1.91. The molecule has 3 nitrogen and oxygen atoms in total. The van der Waals surface area contributed by atoms with Crippen LogP contribution in [-0.4, -0.2) is 15.5 Å². The van der Waals surface area contributed by atoms with Crippen molar-refractivity contribution in [3.8, 4) is 0 Å². The second-order valence-corrected chi connectivity index (χ2v) is 7.00. The zero-order chi connectivity index (χ0) is 14.9. The first-order chi connectivity index (χ1) is 9.34. The summed E-state index contributed by atoms with van der Waals surface area (Å²) in [4.78, 5) is 0.307. The zero-order valence-electron chi connectivity index (χ0n) is 12.2. The molecule has 0 atom stereocenters. The quantitative estimate of drug-likeness (QED) is 0.868. The van der Waals surface area contributed by atoms with Gasteiger partial charge in [-0.1, -0.05) is 35.9 Å². The van der Waals surface area contributed by atoms with E-state index in [0.717, 1.165) is 22.4 Å². The van der Waals surface area contributed by atoms with Crippen LogP contribution in [0.5, 0.6) is 0 Å². The van der Waals surface area contributed by atoms with Gasteiger partial charge >= 0.3 is 0 Å². The van der Waals surface area contributed by atoms with E-state index in [9.17, 15) is 8.42 Å². The van der Waals surface area contributed by atoms with Crippen molar-refractivity contribution in [3.05, 3.63) is 59.2 Å². The highest BCUT2D eigenvalue weighted by atomic mass is 32.2. The van der Waals surface area contributed by atoms with Crippen LogP contribution < -0.4 is 4.31 Å². The van der Waals surface area contributed by atoms with E-state index in [0.29, 0.717) is 4.90 Å². The SMILES string of the molecule is Cc1cc(C)c(N(C)S(=O)(=O)c2ccccc2)c(C)c1. The molecular weight excluding hydrogens is 270 g/mol. The third-order valence-corrected chi connectivity index (χ3v) is 5.12. The standard InChI is InChI=1S/C16H19NO2S/c1-12-10-13(2)16(14(3)11-12)17(4)20(18,19)15-8-6-5-7-9-15/h5-11H,1-4H3. The highest BCUT2D eigenvalue weighted by Crippen LogP contribution is 2.29. The van der Waals surface area contributed by atoms with Crippen molar-refractivity contribution in [2.24, 2.45) is 0 Å². The number of anilines is 1. The average Bonchev–Trinajstić information content (AvgIpc) is 2.38. The Hall–Kier alpha value is -1.81. The van der Waals surface area contributed by atoms with Crippen LogP contribution >= 0.6 is 0 Å². The van der Waals surface area contributed by atoms with E-state index in [-0.39, 0.29) is 0 Å². The molecule has 0 aliphatic carbocycles. The molecule has 106 valence electrons. The molecule has 0 N–H and O–H groups in total. The van der Waals surface area contributed by atoms with E-state index in [4.69, 9.17) is 0 Å². The minimum Gasteiger partial charge on any atom is -0.269 e. The van der Waals surface area contributed by atoms with Crippen molar-refractivity contribution in [1.29, 1.82) is 0 Å². The molecule has 20 heavy (non-hydrogen) atoms. The molecule has 0 aromatic heterocycles. The lowest BCUT2D eigenvalue weighted by Crippen LogP contribution is -2.28. The topological polar surface area (TPSA) is 37.4 Å². The van der Waals surface area contributed by atoms with Crippen LogP contribution in [-0.2, 0) is 10.0 Å². The number of hydrogen-bond donors (Lipinski definition) is 0. The van der Waals surface area contributed by atoms with Gasteiger partial charge in [0.25, 0.3) is 10.0 Å². The van der Waals surface area contributed by atoms with Gasteiger partial charge in [-0.05, 0) is 44.0 Å². The van der Waals surface area contributed by atoms with Crippen molar-refractivity contribution in [1.82, 2.24) is 0 Å². The summed E-state index contributed by atoms with van der Waals surface area (Å²) in [5, 5.41) is 0. The van der Waals surface area contributed by atoms with E-state index in [1.165, 1.54) is 4.31 Å². The predicted octanol–water partition coefficient (Wildman–Crippen LogP) is 3.44. The van der Waals surface area contributed by atoms with Crippen LogP contribution in [0, 0.1) is 20.8 Å². The molecule has 2 aromatic rings. The molecular formula is C16H19NO2S. The van der Waals surface area contributed by atoms with Gasteiger partial charge in [-0.25, -0.2) is 8.42 Å². The Morgan fingerprint density at radius 1 is 0.900 bits per heavy atom. The summed E-state index contributed by atoms with van der Waals surface area (Å²) < 4.78 is 26.7. The number of rotatable bonds is 3. The summed E-state index contributed by atoms with van der Waals surface area (Å²) >= 11 is 0. The van der Waals surface area contributed by atoms with Crippen molar-refractivity contribution < 1.29 is 8.42 Å². The molecule has 0 fully saturated rings. The molecule has 0 heterocycles. The summed E-state index contributed by atoms with van der Waals surface area (Å²) in [6.07, 6.45) is 0. The maximum absolute atomic E-state index is 12.6. The molecule has 0 aliphatic rings. The van der Waals surface area contributed by atoms with Gasteiger partial charge in [0.05, 0.1) is 10.6 Å². The number of nitrogens with zero attached hydrogens (tertiary/aromatic N) is 1. The van der Waals surface area contributed by atoms with Crippen LogP contribution in [0.3, 0.4) is 0 Å². The number of hydrogen-bond acceptors (Lipinski definition) is 2. The van der Waals surface area contributed by atoms with Gasteiger partial charge in [-0.2, -0.15) is 0 Å². The molecule has 0 spiro atoms. The summed E-state index contributed by atoms with van der Waals surface area (Å²) in [5.74, 6) is 0. The van der Waals surface area contributed by atoms with Gasteiger partial charge in [0.2, 0.25) is 0 Å². The van der Waals surface area contributed by atoms with Crippen LogP contribution in [0.25, 0.3) is 0 Å². The van der Waals surface area contributed by atoms with Crippen molar-refractivity contribution in [2.75, 3.05) is 11.4 Å². The summed E-state index contributed by atoms with van der Waals surface area (Å²) in [6.45, 7) is 5.88. The first-order valence-electron chi connectivity index (χ1n) is 6.46. The molecule has 0 unspecified atom stereocenters. The fourth-order valence-corrected chi connectivity index (χ4v) is 3.89. The first-order valence-corrected chi connectivity index (χ1v) is 7.90. The second-order valence-electron chi connectivity index (χ2n) is 5.03. The second kappa shape index (κ2) is 5.29. The molecule has 2 aromatic carbocycles. The fourth-order valence-electron chi connectivity index (χ4n) is 2.54. The minimum atomic E-state index is -3.52. The number of sulfonamides is 1. The van der Waals surface area contributed by atoms with Crippen LogP contribution in [0.1, 0.15) is 16.7 Å². The zero-order valence-corrected chi connectivity index (χ0v) is 13.0. The molecule has 0 radical (unpaired) electrons. The number of aryl methyl sites for hydroxylation is 3. The smallest absolute Gasteiger partial charge is 0.264 e. The Labute approximate surface area is 120 Å². The Kier molecular flexibility index (Phi) is 3.86. The predicted molar refractivity (Wildman–Crippen MR) is 82.7 cm³/mol. The normalized spacial score (nSPS) is 11.4. The first kappa shape index (κ1) is 14.6. The fraction of sp³-hybridized carbons (Fsp3) is 0.250. The molecule has 4 heteroatoms. The average molecular weight is 289 g/mol. The molecule has 0 saturated heterocycles. The van der Waals surface area contributed by atoms with Crippen molar-refractivity contribution in [3.63, 3.8) is 0 Å². The van der Waals surface area contributed by atoms with Gasteiger partial charge < -0.3 is 0 Å². The number of benzene rings is 2. The van der Waals surface area contributed by atoms with E-state index in [1.807, 2.05) is 32.9 Å². The van der Waals surface area contributed by atoms with Crippen LogP contribution in [0.2, 0.25) is 0 Å². The van der Waals surface area contributed by atoms with E-state index < -0.39 is 10.0 Å². The van der Waals surface area contributed by atoms with E-state index >= 15 is 0 Å². The lowest BCUT2D eigenvalue weighted by atomic mass is 10.1. The van der Waals surface area contributed by atoms with Gasteiger partial charge in [-0.3, -0.25) is 4.31 Å². The monoisotopic (exact) mass is 289 g/mol. The highest BCUT2D eigenvalue weighted by Gasteiger charge is 2.23. The van der Waals surface area contributed by atoms with Gasteiger partial charge in [-0.15, -0.1) is 0 Å². The maximum atomic E-state index is 12.6. The summed E-state index contributed by atoms with van der Waals surface area (Å²) in [5.41, 5.74) is 3.81. The Morgan fingerprint density at radius 2 is 1.40 bits per heavy atom. The van der Waals surface area contributed by atoms with E-state index in [1.54, 1.807) is 37.4 Å². The molecule has 2 rings (SSSR count). The van der Waals surface area contributed by atoms with Gasteiger partial charge in [0, 0.05) is 7.05 Å². The van der Waals surface area contributed by atoms with Crippen molar-refractivity contribution >= 4 is 15.7 Å². The molecule has 0 bridgehead atoms. The summed E-state index contributed by atoms with van der Waals surface area (Å²) in [6, 6.07) is 12.5. The van der Waals surface area contributed by atoms with Crippen molar-refractivity contribution in [2.45, 2.75) is 25.7 Å². The Bertz CT molecular complexity index is 698.